The van der Waals surface area contributed by atoms with Gasteiger partial charge in [-0.15, -0.1) is 0 Å². The first kappa shape index (κ1) is 36.2. The van der Waals surface area contributed by atoms with Crippen molar-refractivity contribution in [3.8, 4) is 0 Å². The molecule has 0 aliphatic carbocycles. The Morgan fingerprint density at radius 3 is 2.35 bits per heavy atom. The molecule has 2 N–H and O–H groups in total. The second-order valence-corrected chi connectivity index (χ2v) is 16.9. The summed E-state index contributed by atoms with van der Waals surface area (Å²) in [4.78, 5) is 13.8. The number of hydrogen-bond acceptors (Lipinski definition) is 13. The van der Waals surface area contributed by atoms with Gasteiger partial charge in [0.2, 0.25) is 0 Å². The van der Waals surface area contributed by atoms with Crippen molar-refractivity contribution in [2.24, 2.45) is 5.92 Å². The molecule has 0 aromatic rings. The molecule has 0 aromatic heterocycles. The van der Waals surface area contributed by atoms with E-state index in [0.29, 0.717) is 32.1 Å². The summed E-state index contributed by atoms with van der Waals surface area (Å²) in [6, 6.07) is 0. The van der Waals surface area contributed by atoms with Gasteiger partial charge in [0.05, 0.1) is 55.3 Å². The number of aliphatic hydroxyl groups is 2. The summed E-state index contributed by atoms with van der Waals surface area (Å²) in [6.45, 7) is 10.8. The van der Waals surface area contributed by atoms with Crippen molar-refractivity contribution in [1.29, 1.82) is 0 Å². The van der Waals surface area contributed by atoms with E-state index in [0.717, 1.165) is 43.3 Å². The third kappa shape index (κ3) is 6.43. The van der Waals surface area contributed by atoms with Crippen LogP contribution < -0.4 is 0 Å². The topological polar surface area (TPSA) is 150 Å². The zero-order valence-corrected chi connectivity index (χ0v) is 30.4. The fourth-order valence-corrected chi connectivity index (χ4v) is 10.8. The molecular formula is C39H56O13. The van der Waals surface area contributed by atoms with Crippen molar-refractivity contribution < 1.29 is 62.4 Å². The van der Waals surface area contributed by atoms with Crippen molar-refractivity contribution in [2.45, 2.75) is 194 Å². The van der Waals surface area contributed by atoms with Crippen LogP contribution in [0.25, 0.3) is 0 Å². The molecule has 10 aliphatic rings. The van der Waals surface area contributed by atoms with Crippen LogP contribution in [0.5, 0.6) is 0 Å². The standard InChI is InChI=1S/C39H56O13/c1-18-13-21-5-7-24-19(2)14-23(44-24)9-11-39-17-29-34(51-39)36-37(49-29)38(52-39)32-26(48-36)8-6-22(46-32)15-30(41)50-33-28(16-27(45-21)20(18)3)47-25(10-12-40)31(42)35(33)43-4/h18,21-29,31-38,40,42H,2-3,5-17H2,1,4H3/t18-,21+,22-,23+,24+,25+,26+,27-,28+,29+,31-,32+,33+,34+,35+,36?,37-,38+,39+/m1/s1. The fourth-order valence-electron chi connectivity index (χ4n) is 10.8. The quantitative estimate of drug-likeness (QED) is 0.324. The van der Waals surface area contributed by atoms with Gasteiger partial charge in [-0.2, -0.15) is 0 Å². The number of rotatable bonds is 3. The van der Waals surface area contributed by atoms with E-state index in [-0.39, 0.29) is 80.3 Å². The molecule has 13 nitrogen and oxygen atoms in total. The number of fused-ring (bicyclic) bond motifs is 6. The Labute approximate surface area is 305 Å². The van der Waals surface area contributed by atoms with E-state index in [4.69, 9.17) is 47.4 Å². The predicted octanol–water partition coefficient (Wildman–Crippen LogP) is 2.81. The predicted molar refractivity (Wildman–Crippen MR) is 181 cm³/mol. The van der Waals surface area contributed by atoms with Crippen LogP contribution in [-0.4, -0.2) is 139 Å². The molecule has 10 aliphatic heterocycles. The highest BCUT2D eigenvalue weighted by Crippen LogP contribution is 2.54. The highest BCUT2D eigenvalue weighted by atomic mass is 16.8. The molecule has 0 amide bonds. The number of hydrogen-bond donors (Lipinski definition) is 2. The van der Waals surface area contributed by atoms with Crippen LogP contribution in [0.4, 0.5) is 0 Å². The van der Waals surface area contributed by atoms with Crippen molar-refractivity contribution in [2.75, 3.05) is 13.7 Å². The second kappa shape index (κ2) is 14.2. The Kier molecular flexibility index (Phi) is 9.89. The maximum atomic E-state index is 13.8. The molecule has 1 unspecified atom stereocenters. The molecule has 10 saturated heterocycles. The number of aliphatic hydroxyl groups excluding tert-OH is 2. The molecule has 13 heteroatoms. The molecule has 10 heterocycles. The van der Waals surface area contributed by atoms with Crippen LogP contribution >= 0.6 is 0 Å². The molecule has 10 rings (SSSR count). The van der Waals surface area contributed by atoms with Crippen molar-refractivity contribution in [3.05, 3.63) is 24.3 Å². The van der Waals surface area contributed by atoms with Crippen LogP contribution in [0.3, 0.4) is 0 Å². The van der Waals surface area contributed by atoms with Crippen molar-refractivity contribution in [3.63, 3.8) is 0 Å². The van der Waals surface area contributed by atoms with Crippen LogP contribution in [-0.2, 0) is 52.2 Å². The number of carbonyl (C=O) groups is 1. The van der Waals surface area contributed by atoms with E-state index in [9.17, 15) is 15.0 Å². The van der Waals surface area contributed by atoms with E-state index in [1.165, 1.54) is 7.11 Å². The molecule has 10 fully saturated rings. The lowest BCUT2D eigenvalue weighted by molar-refractivity contribution is -0.293. The molecule has 290 valence electrons. The molecule has 0 aromatic carbocycles. The molecule has 19 atom stereocenters. The number of carbonyl (C=O) groups excluding carboxylic acids is 1. The van der Waals surface area contributed by atoms with Crippen molar-refractivity contribution >= 4 is 5.97 Å². The van der Waals surface area contributed by atoms with Gasteiger partial charge in [-0.3, -0.25) is 4.79 Å². The van der Waals surface area contributed by atoms with Gasteiger partial charge in [0, 0.05) is 33.0 Å². The first-order valence-electron chi connectivity index (χ1n) is 19.8. The molecule has 0 saturated carbocycles. The van der Waals surface area contributed by atoms with Gasteiger partial charge in [0.25, 0.3) is 0 Å². The highest BCUT2D eigenvalue weighted by Gasteiger charge is 2.68. The van der Waals surface area contributed by atoms with Gasteiger partial charge in [-0.05, 0) is 68.4 Å². The van der Waals surface area contributed by atoms with Crippen molar-refractivity contribution in [1.82, 2.24) is 0 Å². The Morgan fingerprint density at radius 2 is 1.52 bits per heavy atom. The average Bonchev–Trinajstić information content (AvgIpc) is 3.70. The second-order valence-electron chi connectivity index (χ2n) is 16.9. The first-order chi connectivity index (χ1) is 25.1. The van der Waals surface area contributed by atoms with Gasteiger partial charge in [0.1, 0.15) is 48.8 Å². The Morgan fingerprint density at radius 1 is 0.769 bits per heavy atom. The minimum absolute atomic E-state index is 0.00339. The summed E-state index contributed by atoms with van der Waals surface area (Å²) in [5.41, 5.74) is 2.07. The zero-order chi connectivity index (χ0) is 35.9. The molecule has 52 heavy (non-hydrogen) atoms. The molecule has 0 radical (unpaired) electrons. The van der Waals surface area contributed by atoms with Gasteiger partial charge in [-0.1, -0.05) is 20.1 Å². The molecular weight excluding hydrogens is 676 g/mol. The van der Waals surface area contributed by atoms with E-state index in [2.05, 4.69) is 20.1 Å². The van der Waals surface area contributed by atoms with E-state index in [1.54, 1.807) is 0 Å². The monoisotopic (exact) mass is 732 g/mol. The van der Waals surface area contributed by atoms with Gasteiger partial charge >= 0.3 is 5.97 Å². The minimum Gasteiger partial charge on any atom is -0.457 e. The lowest BCUT2D eigenvalue weighted by Gasteiger charge is -2.47. The summed E-state index contributed by atoms with van der Waals surface area (Å²) in [7, 11) is 1.49. The summed E-state index contributed by atoms with van der Waals surface area (Å²) >= 11 is 0. The highest BCUT2D eigenvalue weighted by molar-refractivity contribution is 5.70. The summed E-state index contributed by atoms with van der Waals surface area (Å²) in [5.74, 6) is -1.09. The van der Waals surface area contributed by atoms with Crippen LogP contribution in [0.15, 0.2) is 24.3 Å². The van der Waals surface area contributed by atoms with Gasteiger partial charge < -0.3 is 57.6 Å². The van der Waals surface area contributed by atoms with Crippen LogP contribution in [0.2, 0.25) is 0 Å². The average molecular weight is 733 g/mol. The third-order valence-electron chi connectivity index (χ3n) is 13.5. The summed E-state index contributed by atoms with van der Waals surface area (Å²) in [5, 5.41) is 21.1. The minimum atomic E-state index is -1.11. The summed E-state index contributed by atoms with van der Waals surface area (Å²) < 4.78 is 65.4. The van der Waals surface area contributed by atoms with Gasteiger partial charge in [-0.25, -0.2) is 0 Å². The smallest absolute Gasteiger partial charge is 0.308 e. The number of methoxy groups -OCH3 is 1. The van der Waals surface area contributed by atoms with E-state index < -0.39 is 60.6 Å². The number of esters is 1. The number of ether oxygens (including phenoxy) is 10. The fraction of sp³-hybridized carbons (Fsp3) is 0.872. The van der Waals surface area contributed by atoms with Gasteiger partial charge in [0.15, 0.2) is 11.9 Å². The normalized spacial score (nSPS) is 53.3. The lowest BCUT2D eigenvalue weighted by Crippen LogP contribution is -2.62. The Balaban J connectivity index is 1.00. The van der Waals surface area contributed by atoms with E-state index in [1.807, 2.05) is 0 Å². The zero-order valence-electron chi connectivity index (χ0n) is 30.4. The summed E-state index contributed by atoms with van der Waals surface area (Å²) in [6.07, 6.45) is 0.205. The van der Waals surface area contributed by atoms with Crippen LogP contribution in [0, 0.1) is 5.92 Å². The Bertz CT molecular complexity index is 1380. The third-order valence-corrected chi connectivity index (χ3v) is 13.5. The Hall–Kier alpha value is -1.49. The maximum absolute atomic E-state index is 13.8. The van der Waals surface area contributed by atoms with E-state index >= 15 is 0 Å². The SMILES string of the molecule is C=C1C[C@@H]2CC[C@@]34C[C@@H]5O[C@@H]6C(O[C@H]7CC[C@H](CC(=O)O[C@@H]8[C@@H](OC)[C@H](O)[C@H](CCO)O[C@H]8C[C@H]8O[C@@H](CC[C@@H]1O2)C[C@@H](C)C8=C)O[C@@H]7[C@@H]6O3)[C@H]5O4. The first-order valence-corrected chi connectivity index (χ1v) is 19.8. The maximum Gasteiger partial charge on any atom is 0.308 e. The molecule has 1 spiro atoms. The lowest BCUT2D eigenvalue weighted by atomic mass is 9.83. The largest absolute Gasteiger partial charge is 0.457 e. The van der Waals surface area contributed by atoms with Crippen LogP contribution in [0.1, 0.15) is 84.0 Å². The molecule has 12 bridgehead atoms.